The maximum Gasteiger partial charge on any atom is 0.396 e. The van der Waals surface area contributed by atoms with Gasteiger partial charge < -0.3 is 10.1 Å². The van der Waals surface area contributed by atoms with Crippen molar-refractivity contribution in [3.63, 3.8) is 0 Å². The van der Waals surface area contributed by atoms with E-state index in [1.54, 1.807) is 31.2 Å². The highest BCUT2D eigenvalue weighted by atomic mass is 19.4. The van der Waals surface area contributed by atoms with Crippen LogP contribution < -0.4 is 10.1 Å². The topological polar surface area (TPSA) is 47.0 Å². The van der Waals surface area contributed by atoms with Gasteiger partial charge in [-0.3, -0.25) is 4.98 Å². The Morgan fingerprint density at radius 3 is 2.25 bits per heavy atom. The highest BCUT2D eigenvalue weighted by Gasteiger charge is 2.55. The monoisotopic (exact) mass is 447 g/mol. The van der Waals surface area contributed by atoms with E-state index in [1.807, 2.05) is 25.1 Å². The Bertz CT molecular complexity index is 1010. The normalized spacial score (nSPS) is 14.2. The van der Waals surface area contributed by atoms with Crippen molar-refractivity contribution in [2.75, 3.05) is 12.4 Å². The molecule has 1 N–H and O–H groups in total. The van der Waals surface area contributed by atoms with Gasteiger partial charge in [0.05, 0.1) is 24.1 Å². The maximum atomic E-state index is 14.2. The molecule has 32 heavy (non-hydrogen) atoms. The highest BCUT2D eigenvalue weighted by Crippen LogP contribution is 2.51. The number of aromatic nitrogens is 2. The van der Waals surface area contributed by atoms with E-state index in [0.29, 0.717) is 17.1 Å². The quantitative estimate of drug-likeness (QED) is 0.425. The van der Waals surface area contributed by atoms with Crippen LogP contribution in [0.2, 0.25) is 0 Å². The van der Waals surface area contributed by atoms with E-state index in [9.17, 15) is 13.2 Å². The molecule has 0 saturated carbocycles. The van der Waals surface area contributed by atoms with Crippen LogP contribution in [0, 0.1) is 12.3 Å². The summed E-state index contributed by atoms with van der Waals surface area (Å²) in [7, 11) is 1.47. The first-order valence-electron chi connectivity index (χ1n) is 10.8. The minimum absolute atomic E-state index is 0.0949. The van der Waals surface area contributed by atoms with Gasteiger partial charge in [0.15, 0.2) is 0 Å². The molecule has 3 rings (SSSR count). The van der Waals surface area contributed by atoms with E-state index in [2.05, 4.69) is 29.1 Å². The summed E-state index contributed by atoms with van der Waals surface area (Å²) in [5.74, 6) is 0.350. The van der Waals surface area contributed by atoms with Crippen molar-refractivity contribution in [3.05, 3.63) is 59.9 Å². The summed E-state index contributed by atoms with van der Waals surface area (Å²) in [5, 5.41) is 3.92. The van der Waals surface area contributed by atoms with Gasteiger partial charge in [0.2, 0.25) is 5.88 Å². The van der Waals surface area contributed by atoms with Gasteiger partial charge in [-0.1, -0.05) is 39.3 Å². The first-order chi connectivity index (χ1) is 15.1. The molecule has 0 aliphatic rings. The molecule has 0 spiro atoms. The molecule has 0 amide bonds. The molecule has 2 aromatic heterocycles. The minimum atomic E-state index is -4.42. The standard InChI is InChI=1S/C22H24F3N3O.C3H8/c1-5-21(3,22(23,24)25)20(15-10-12-19(29-4)26-13-15)28-18-8-6-7-17-16(18)11-9-14(2)27-17;1-3-2/h6-13,20,28H,5H2,1-4H3;3H2,1-2H3. The maximum absolute atomic E-state index is 14.2. The zero-order valence-electron chi connectivity index (χ0n) is 19.5. The van der Waals surface area contributed by atoms with Crippen LogP contribution in [0.25, 0.3) is 10.9 Å². The SMILES string of the molecule is CCC.CCC(C)(C(Nc1cccc2nc(C)ccc12)c1ccc(OC)nc1)C(F)(F)F. The summed E-state index contributed by atoms with van der Waals surface area (Å²) in [6.45, 7) is 8.92. The third kappa shape index (κ3) is 5.50. The largest absolute Gasteiger partial charge is 0.481 e. The lowest BCUT2D eigenvalue weighted by atomic mass is 9.76. The fourth-order valence-corrected chi connectivity index (χ4v) is 3.40. The number of halogens is 3. The van der Waals surface area contributed by atoms with Crippen molar-refractivity contribution < 1.29 is 17.9 Å². The van der Waals surface area contributed by atoms with Crippen LogP contribution >= 0.6 is 0 Å². The Morgan fingerprint density at radius 1 is 1.03 bits per heavy atom. The number of methoxy groups -OCH3 is 1. The third-order valence-corrected chi connectivity index (χ3v) is 5.49. The lowest BCUT2D eigenvalue weighted by molar-refractivity contribution is -0.225. The summed E-state index contributed by atoms with van der Waals surface area (Å²) in [5.41, 5.74) is 0.596. The number of benzene rings is 1. The van der Waals surface area contributed by atoms with E-state index in [4.69, 9.17) is 4.74 Å². The Hall–Kier alpha value is -2.83. The second-order valence-electron chi connectivity index (χ2n) is 8.01. The number of nitrogens with one attached hydrogen (secondary N) is 1. The van der Waals surface area contributed by atoms with Gasteiger partial charge >= 0.3 is 6.18 Å². The Kier molecular flexibility index (Phi) is 8.47. The molecule has 2 unspecified atom stereocenters. The van der Waals surface area contributed by atoms with Crippen LogP contribution in [0.1, 0.15) is 57.8 Å². The molecular weight excluding hydrogens is 415 g/mol. The van der Waals surface area contributed by atoms with Gasteiger partial charge in [0, 0.05) is 29.0 Å². The van der Waals surface area contributed by atoms with Crippen LogP contribution in [0.15, 0.2) is 48.7 Å². The fourth-order valence-electron chi connectivity index (χ4n) is 3.40. The minimum Gasteiger partial charge on any atom is -0.481 e. The molecule has 0 aliphatic carbocycles. The molecular formula is C25H32F3N3O. The smallest absolute Gasteiger partial charge is 0.396 e. The van der Waals surface area contributed by atoms with Gasteiger partial charge in [-0.15, -0.1) is 0 Å². The van der Waals surface area contributed by atoms with Gasteiger partial charge in [-0.2, -0.15) is 13.2 Å². The van der Waals surface area contributed by atoms with Crippen molar-refractivity contribution in [2.24, 2.45) is 5.41 Å². The number of alkyl halides is 3. The average molecular weight is 448 g/mol. The van der Waals surface area contributed by atoms with Crippen LogP contribution in [0.4, 0.5) is 18.9 Å². The molecule has 0 radical (unpaired) electrons. The van der Waals surface area contributed by atoms with E-state index in [-0.39, 0.29) is 6.42 Å². The number of hydrogen-bond donors (Lipinski definition) is 1. The van der Waals surface area contributed by atoms with Crippen LogP contribution in [-0.4, -0.2) is 23.3 Å². The molecule has 1 aromatic carbocycles. The van der Waals surface area contributed by atoms with Gasteiger partial charge in [-0.05, 0) is 50.1 Å². The predicted octanol–water partition coefficient (Wildman–Crippen LogP) is 7.49. The van der Waals surface area contributed by atoms with Crippen molar-refractivity contribution in [1.29, 1.82) is 0 Å². The zero-order valence-corrected chi connectivity index (χ0v) is 19.5. The fraction of sp³-hybridized carbons (Fsp3) is 0.440. The summed E-state index contributed by atoms with van der Waals surface area (Å²) < 4.78 is 47.5. The Balaban J connectivity index is 0.00000114. The molecule has 0 fully saturated rings. The number of fused-ring (bicyclic) bond motifs is 1. The molecule has 4 nitrogen and oxygen atoms in total. The number of pyridine rings is 2. The second kappa shape index (κ2) is 10.7. The predicted molar refractivity (Wildman–Crippen MR) is 124 cm³/mol. The summed E-state index contributed by atoms with van der Waals surface area (Å²) in [6.07, 6.45) is -1.83. The summed E-state index contributed by atoms with van der Waals surface area (Å²) in [4.78, 5) is 8.60. The molecule has 3 aromatic rings. The number of hydrogen-bond acceptors (Lipinski definition) is 4. The Morgan fingerprint density at radius 2 is 1.72 bits per heavy atom. The Labute approximate surface area is 188 Å². The highest BCUT2D eigenvalue weighted by molar-refractivity contribution is 5.91. The summed E-state index contributed by atoms with van der Waals surface area (Å²) in [6, 6.07) is 11.3. The average Bonchev–Trinajstić information content (AvgIpc) is 2.76. The van der Waals surface area contributed by atoms with Gasteiger partial charge in [-0.25, -0.2) is 4.98 Å². The molecule has 2 atom stereocenters. The van der Waals surface area contributed by atoms with Gasteiger partial charge in [0.1, 0.15) is 0 Å². The third-order valence-electron chi connectivity index (χ3n) is 5.49. The lowest BCUT2D eigenvalue weighted by Crippen LogP contribution is -2.43. The first-order valence-corrected chi connectivity index (χ1v) is 10.8. The molecule has 2 heterocycles. The molecule has 0 aliphatic heterocycles. The van der Waals surface area contributed by atoms with Crippen LogP contribution in [-0.2, 0) is 0 Å². The van der Waals surface area contributed by atoms with Crippen LogP contribution in [0.3, 0.4) is 0 Å². The second-order valence-corrected chi connectivity index (χ2v) is 8.01. The first kappa shape index (κ1) is 25.4. The molecule has 0 saturated heterocycles. The van der Waals surface area contributed by atoms with Gasteiger partial charge in [0.25, 0.3) is 0 Å². The number of rotatable bonds is 6. The molecule has 7 heteroatoms. The zero-order chi connectivity index (χ0) is 23.9. The number of ether oxygens (including phenoxy) is 1. The van der Waals surface area contributed by atoms with Crippen molar-refractivity contribution in [1.82, 2.24) is 9.97 Å². The summed E-state index contributed by atoms with van der Waals surface area (Å²) >= 11 is 0. The van der Waals surface area contributed by atoms with E-state index >= 15 is 0 Å². The number of nitrogens with zero attached hydrogens (tertiary/aromatic N) is 2. The van der Waals surface area contributed by atoms with Crippen LogP contribution in [0.5, 0.6) is 5.88 Å². The number of anilines is 1. The molecule has 174 valence electrons. The van der Waals surface area contributed by atoms with E-state index in [1.165, 1.54) is 26.7 Å². The van der Waals surface area contributed by atoms with Crippen molar-refractivity contribution in [3.8, 4) is 5.88 Å². The van der Waals surface area contributed by atoms with Crippen molar-refractivity contribution in [2.45, 2.75) is 59.7 Å². The number of aryl methyl sites for hydroxylation is 1. The van der Waals surface area contributed by atoms with E-state index in [0.717, 1.165) is 16.6 Å². The lowest BCUT2D eigenvalue weighted by Gasteiger charge is -2.39. The van der Waals surface area contributed by atoms with Crippen molar-refractivity contribution >= 4 is 16.6 Å². The molecule has 0 bridgehead atoms. The van der Waals surface area contributed by atoms with E-state index < -0.39 is 17.6 Å².